The van der Waals surface area contributed by atoms with Crippen LogP contribution < -0.4 is 10.1 Å². The maximum Gasteiger partial charge on any atom is 0.338 e. The first-order valence-corrected chi connectivity index (χ1v) is 9.08. The summed E-state index contributed by atoms with van der Waals surface area (Å²) in [5.74, 6) is -3.37. The topological polar surface area (TPSA) is 138 Å². The summed E-state index contributed by atoms with van der Waals surface area (Å²) < 4.78 is 16.1. The normalized spacial score (nSPS) is 10.9. The Balaban J connectivity index is 1.50. The summed E-state index contributed by atoms with van der Waals surface area (Å²) in [6.07, 6.45) is 0. The molecule has 9 heteroatoms. The monoisotopic (exact) mass is 423 g/mol. The Hall–Kier alpha value is -4.40. The number of fused-ring (bicyclic) bond motifs is 3. The van der Waals surface area contributed by atoms with Gasteiger partial charge in [-0.25, -0.2) is 4.79 Å². The van der Waals surface area contributed by atoms with E-state index in [1.54, 1.807) is 12.1 Å². The first-order chi connectivity index (χ1) is 14.9. The Morgan fingerprint density at radius 3 is 2.39 bits per heavy atom. The van der Waals surface area contributed by atoms with Gasteiger partial charge in [0.2, 0.25) is 0 Å². The molecule has 0 bridgehead atoms. The molecule has 0 unspecified atom stereocenters. The molecule has 0 aliphatic heterocycles. The minimum atomic E-state index is -0.972. The third-order valence-electron chi connectivity index (χ3n) is 4.61. The van der Waals surface area contributed by atoms with Gasteiger partial charge in [0.15, 0.2) is 23.9 Å². The first kappa shape index (κ1) is 19.9. The largest absolute Gasteiger partial charge is 0.504 e. The van der Waals surface area contributed by atoms with Crippen LogP contribution >= 0.6 is 0 Å². The van der Waals surface area contributed by atoms with Crippen LogP contribution in [0.5, 0.6) is 23.0 Å². The number of furan rings is 1. The number of benzene rings is 3. The molecule has 4 aromatic rings. The van der Waals surface area contributed by atoms with Gasteiger partial charge in [-0.05, 0) is 24.3 Å². The molecule has 31 heavy (non-hydrogen) atoms. The van der Waals surface area contributed by atoms with Crippen molar-refractivity contribution in [2.45, 2.75) is 0 Å². The summed E-state index contributed by atoms with van der Waals surface area (Å²) >= 11 is 0. The number of carbonyl (C=O) groups excluding carboxylic acids is 2. The summed E-state index contributed by atoms with van der Waals surface area (Å²) in [4.78, 5) is 24.4. The van der Waals surface area contributed by atoms with Crippen molar-refractivity contribution >= 4 is 39.5 Å². The van der Waals surface area contributed by atoms with Crippen LogP contribution in [0.4, 0.5) is 5.69 Å². The van der Waals surface area contributed by atoms with Gasteiger partial charge < -0.3 is 34.5 Å². The zero-order valence-corrected chi connectivity index (χ0v) is 16.2. The van der Waals surface area contributed by atoms with Gasteiger partial charge in [-0.3, -0.25) is 4.79 Å². The Kier molecular flexibility index (Phi) is 5.00. The number of aromatic hydroxyl groups is 3. The number of rotatable bonds is 5. The third kappa shape index (κ3) is 3.76. The number of methoxy groups -OCH3 is 1. The molecule has 4 N–H and O–H groups in total. The van der Waals surface area contributed by atoms with Crippen LogP contribution in [-0.2, 0) is 9.53 Å². The van der Waals surface area contributed by atoms with Crippen molar-refractivity contribution in [2.75, 3.05) is 19.0 Å². The summed E-state index contributed by atoms with van der Waals surface area (Å²) in [5.41, 5.74) is 1.33. The van der Waals surface area contributed by atoms with Crippen molar-refractivity contribution < 1.29 is 38.8 Å². The van der Waals surface area contributed by atoms with Gasteiger partial charge in [-0.1, -0.05) is 18.2 Å². The fraction of sp³-hybridized carbons (Fsp3) is 0.0909. The van der Waals surface area contributed by atoms with Crippen molar-refractivity contribution in [3.63, 3.8) is 0 Å². The van der Waals surface area contributed by atoms with E-state index in [1.807, 2.05) is 24.3 Å². The highest BCUT2D eigenvalue weighted by Gasteiger charge is 2.18. The quantitative estimate of drug-likeness (QED) is 0.283. The summed E-state index contributed by atoms with van der Waals surface area (Å²) in [6, 6.07) is 12.7. The van der Waals surface area contributed by atoms with Gasteiger partial charge in [-0.15, -0.1) is 0 Å². The SMILES string of the molecule is COc1cc2c(cc1NC(=O)COC(=O)c1cc(O)c(O)c(O)c1)oc1ccccc12. The van der Waals surface area contributed by atoms with Crippen LogP contribution in [0.25, 0.3) is 21.9 Å². The average molecular weight is 423 g/mol. The van der Waals surface area contributed by atoms with Crippen LogP contribution in [0.15, 0.2) is 52.9 Å². The van der Waals surface area contributed by atoms with E-state index in [4.69, 9.17) is 13.9 Å². The number of hydrogen-bond acceptors (Lipinski definition) is 8. The van der Waals surface area contributed by atoms with Gasteiger partial charge in [0.05, 0.1) is 18.4 Å². The molecule has 0 aliphatic rings. The van der Waals surface area contributed by atoms with Crippen molar-refractivity contribution in [2.24, 2.45) is 0 Å². The molecule has 1 amide bonds. The van der Waals surface area contributed by atoms with Gasteiger partial charge in [-0.2, -0.15) is 0 Å². The molecule has 0 saturated carbocycles. The van der Waals surface area contributed by atoms with Crippen LogP contribution in [0.1, 0.15) is 10.4 Å². The number of carbonyl (C=O) groups is 2. The van der Waals surface area contributed by atoms with Crippen molar-refractivity contribution in [3.8, 4) is 23.0 Å². The van der Waals surface area contributed by atoms with Crippen molar-refractivity contribution in [1.29, 1.82) is 0 Å². The number of ether oxygens (including phenoxy) is 2. The van der Waals surface area contributed by atoms with E-state index < -0.39 is 35.7 Å². The Labute approximate surface area is 175 Å². The fourth-order valence-corrected chi connectivity index (χ4v) is 3.14. The van der Waals surface area contributed by atoms with E-state index >= 15 is 0 Å². The molecule has 0 atom stereocenters. The molecule has 9 nitrogen and oxygen atoms in total. The molecule has 0 fully saturated rings. The Morgan fingerprint density at radius 2 is 1.68 bits per heavy atom. The fourth-order valence-electron chi connectivity index (χ4n) is 3.14. The number of para-hydroxylation sites is 1. The zero-order chi connectivity index (χ0) is 22.1. The molecular weight excluding hydrogens is 406 g/mol. The van der Waals surface area contributed by atoms with E-state index in [1.165, 1.54) is 7.11 Å². The lowest BCUT2D eigenvalue weighted by Gasteiger charge is -2.11. The minimum absolute atomic E-state index is 0.234. The second kappa shape index (κ2) is 7.79. The number of esters is 1. The number of amides is 1. The molecular formula is C22H17NO8. The van der Waals surface area contributed by atoms with Gasteiger partial charge >= 0.3 is 5.97 Å². The molecule has 1 aromatic heterocycles. The van der Waals surface area contributed by atoms with E-state index in [2.05, 4.69) is 5.32 Å². The molecule has 0 radical (unpaired) electrons. The molecule has 158 valence electrons. The maximum absolute atomic E-state index is 12.3. The minimum Gasteiger partial charge on any atom is -0.504 e. The predicted octanol–water partition coefficient (Wildman–Crippen LogP) is 3.51. The average Bonchev–Trinajstić information content (AvgIpc) is 3.12. The van der Waals surface area contributed by atoms with Crippen LogP contribution in [0.2, 0.25) is 0 Å². The summed E-state index contributed by atoms with van der Waals surface area (Å²) in [6.45, 7) is -0.636. The molecule has 4 rings (SSSR count). The lowest BCUT2D eigenvalue weighted by molar-refractivity contribution is -0.119. The Bertz CT molecular complexity index is 1300. The van der Waals surface area contributed by atoms with E-state index in [0.717, 1.165) is 22.9 Å². The molecule has 1 heterocycles. The second-order valence-corrected chi connectivity index (χ2v) is 6.63. The lowest BCUT2D eigenvalue weighted by atomic mass is 10.1. The molecule has 0 saturated heterocycles. The number of anilines is 1. The number of phenols is 3. The van der Waals surface area contributed by atoms with E-state index in [-0.39, 0.29) is 5.56 Å². The third-order valence-corrected chi connectivity index (χ3v) is 4.61. The van der Waals surface area contributed by atoms with Crippen molar-refractivity contribution in [3.05, 3.63) is 54.1 Å². The second-order valence-electron chi connectivity index (χ2n) is 6.63. The van der Waals surface area contributed by atoms with Gasteiger partial charge in [0, 0.05) is 16.8 Å². The Morgan fingerprint density at radius 1 is 0.968 bits per heavy atom. The summed E-state index contributed by atoms with van der Waals surface area (Å²) in [5, 5.41) is 32.6. The van der Waals surface area contributed by atoms with Crippen molar-refractivity contribution in [1.82, 2.24) is 0 Å². The highest BCUT2D eigenvalue weighted by Crippen LogP contribution is 2.37. The summed E-state index contributed by atoms with van der Waals surface area (Å²) in [7, 11) is 1.46. The smallest absolute Gasteiger partial charge is 0.338 e. The predicted molar refractivity (Wildman–Crippen MR) is 111 cm³/mol. The lowest BCUT2D eigenvalue weighted by Crippen LogP contribution is -2.21. The molecule has 3 aromatic carbocycles. The van der Waals surface area contributed by atoms with E-state index in [9.17, 15) is 24.9 Å². The number of nitrogens with one attached hydrogen (secondary N) is 1. The molecule has 0 aliphatic carbocycles. The van der Waals surface area contributed by atoms with Crippen LogP contribution in [0, 0.1) is 0 Å². The highest BCUT2D eigenvalue weighted by atomic mass is 16.5. The van der Waals surface area contributed by atoms with Gasteiger partial charge in [0.1, 0.15) is 16.9 Å². The zero-order valence-electron chi connectivity index (χ0n) is 16.2. The first-order valence-electron chi connectivity index (χ1n) is 9.08. The number of hydrogen-bond donors (Lipinski definition) is 4. The van der Waals surface area contributed by atoms with Gasteiger partial charge in [0.25, 0.3) is 5.91 Å². The molecule has 0 spiro atoms. The van der Waals surface area contributed by atoms with Crippen LogP contribution in [0.3, 0.4) is 0 Å². The highest BCUT2D eigenvalue weighted by molar-refractivity contribution is 6.08. The maximum atomic E-state index is 12.3. The standard InChI is InChI=1S/C22H17NO8/c1-29-19-8-13-12-4-2-3-5-17(12)31-18(13)9-14(19)23-20(26)10-30-22(28)11-6-15(24)21(27)16(25)7-11/h2-9,24-25,27H,10H2,1H3,(H,23,26). The van der Waals surface area contributed by atoms with Crippen LogP contribution in [-0.4, -0.2) is 40.9 Å². The number of phenolic OH excluding ortho intramolecular Hbond substituents is 3. The van der Waals surface area contributed by atoms with E-state index in [0.29, 0.717) is 22.6 Å².